The molecule has 0 N–H and O–H groups in total. The fourth-order valence-electron chi connectivity index (χ4n) is 2.55. The van der Waals surface area contributed by atoms with Crippen LogP contribution in [0.1, 0.15) is 51.9 Å². The Morgan fingerprint density at radius 1 is 0.719 bits per heavy atom. The fraction of sp³-hybridized carbons (Fsp3) is 0.296. The van der Waals surface area contributed by atoms with E-state index in [0.29, 0.717) is 11.3 Å². The van der Waals surface area contributed by atoms with Gasteiger partial charge in [0.2, 0.25) is 0 Å². The van der Waals surface area contributed by atoms with Gasteiger partial charge in [-0.05, 0) is 93.7 Å². The first kappa shape index (κ1) is 24.8. The standard InChI is InChI=1S/C27H32O5/c1-19(2)16-29-13-14-30-27(28)25-15-23(9-12-26(25)32-18-21(5)6)22-7-10-24(11-8-22)31-17-20(3)4/h7-12,15-18H,13-14H2,1-6H3. The quantitative estimate of drug-likeness (QED) is 0.227. The van der Waals surface area contributed by atoms with Crippen molar-refractivity contribution in [2.75, 3.05) is 13.2 Å². The number of hydrogen-bond acceptors (Lipinski definition) is 5. The van der Waals surface area contributed by atoms with E-state index >= 15 is 0 Å². The first-order chi connectivity index (χ1) is 15.3. The molecule has 2 rings (SSSR count). The summed E-state index contributed by atoms with van der Waals surface area (Å²) in [6.07, 6.45) is 4.96. The minimum atomic E-state index is -0.465. The molecule has 0 heterocycles. The minimum absolute atomic E-state index is 0.144. The molecule has 0 fully saturated rings. The Morgan fingerprint density at radius 2 is 1.31 bits per heavy atom. The summed E-state index contributed by atoms with van der Waals surface area (Å²) < 4.78 is 22.0. The molecule has 0 radical (unpaired) electrons. The van der Waals surface area contributed by atoms with Gasteiger partial charge in [-0.25, -0.2) is 4.79 Å². The van der Waals surface area contributed by atoms with Gasteiger partial charge in [0.25, 0.3) is 0 Å². The SMILES string of the molecule is CC(C)=COCCOC(=O)c1cc(-c2ccc(OC=C(C)C)cc2)ccc1OC=C(C)C. The van der Waals surface area contributed by atoms with Crippen LogP contribution in [0.15, 0.2) is 78.0 Å². The van der Waals surface area contributed by atoms with Crippen LogP contribution in [-0.2, 0) is 9.47 Å². The molecule has 5 nitrogen and oxygen atoms in total. The smallest absolute Gasteiger partial charge is 0.342 e. The topological polar surface area (TPSA) is 54.0 Å². The van der Waals surface area contributed by atoms with Crippen molar-refractivity contribution < 1.29 is 23.7 Å². The number of ether oxygens (including phenoxy) is 4. The van der Waals surface area contributed by atoms with Gasteiger partial charge >= 0.3 is 5.97 Å². The van der Waals surface area contributed by atoms with Gasteiger partial charge in [0, 0.05) is 0 Å². The lowest BCUT2D eigenvalue weighted by Crippen LogP contribution is -2.11. The van der Waals surface area contributed by atoms with E-state index in [1.807, 2.05) is 71.9 Å². The van der Waals surface area contributed by atoms with Gasteiger partial charge in [-0.1, -0.05) is 18.2 Å². The Balaban J connectivity index is 2.22. The Morgan fingerprint density at radius 3 is 1.94 bits per heavy atom. The lowest BCUT2D eigenvalue weighted by Gasteiger charge is -2.12. The highest BCUT2D eigenvalue weighted by Crippen LogP contribution is 2.29. The molecule has 2 aromatic rings. The number of esters is 1. The summed E-state index contributed by atoms with van der Waals surface area (Å²) in [4.78, 5) is 12.8. The number of carbonyl (C=O) groups is 1. The Bertz CT molecular complexity index is 985. The van der Waals surface area contributed by atoms with Gasteiger partial charge in [-0.2, -0.15) is 0 Å². The van der Waals surface area contributed by atoms with Gasteiger partial charge < -0.3 is 18.9 Å². The maximum absolute atomic E-state index is 12.8. The number of rotatable bonds is 10. The maximum Gasteiger partial charge on any atom is 0.342 e. The van der Waals surface area contributed by atoms with Crippen LogP contribution >= 0.6 is 0 Å². The average Bonchev–Trinajstić information content (AvgIpc) is 2.76. The third kappa shape index (κ3) is 8.34. The molecule has 0 bridgehead atoms. The number of hydrogen-bond donors (Lipinski definition) is 0. The predicted molar refractivity (Wildman–Crippen MR) is 128 cm³/mol. The molecule has 0 amide bonds. The number of allylic oxidation sites excluding steroid dienone is 3. The lowest BCUT2D eigenvalue weighted by molar-refractivity contribution is 0.0417. The Hall–Kier alpha value is -3.47. The second kappa shape index (κ2) is 12.4. The van der Waals surface area contributed by atoms with Crippen molar-refractivity contribution in [2.45, 2.75) is 41.5 Å². The first-order valence-corrected chi connectivity index (χ1v) is 10.5. The molecule has 0 aliphatic heterocycles. The second-order valence-electron chi connectivity index (χ2n) is 8.06. The summed E-state index contributed by atoms with van der Waals surface area (Å²) in [6.45, 7) is 12.1. The van der Waals surface area contributed by atoms with Crippen molar-refractivity contribution in [1.82, 2.24) is 0 Å². The molecule has 0 unspecified atom stereocenters. The van der Waals surface area contributed by atoms with E-state index < -0.39 is 5.97 Å². The molecule has 0 saturated carbocycles. The third-order valence-electron chi connectivity index (χ3n) is 3.99. The van der Waals surface area contributed by atoms with E-state index in [0.717, 1.165) is 33.6 Å². The van der Waals surface area contributed by atoms with Crippen molar-refractivity contribution in [2.24, 2.45) is 0 Å². The first-order valence-electron chi connectivity index (χ1n) is 10.5. The van der Waals surface area contributed by atoms with Crippen molar-refractivity contribution in [3.63, 3.8) is 0 Å². The van der Waals surface area contributed by atoms with Gasteiger partial charge in [0.1, 0.15) is 30.3 Å². The number of benzene rings is 2. The van der Waals surface area contributed by atoms with E-state index in [1.165, 1.54) is 0 Å². The van der Waals surface area contributed by atoms with Gasteiger partial charge in [-0.15, -0.1) is 0 Å². The summed E-state index contributed by atoms with van der Waals surface area (Å²) in [5.41, 5.74) is 5.28. The predicted octanol–water partition coefficient (Wildman–Crippen LogP) is 7.06. The maximum atomic E-state index is 12.8. The van der Waals surface area contributed by atoms with Gasteiger partial charge in [-0.3, -0.25) is 0 Å². The van der Waals surface area contributed by atoms with Crippen LogP contribution in [0.4, 0.5) is 0 Å². The monoisotopic (exact) mass is 436 g/mol. The van der Waals surface area contributed by atoms with Crippen LogP contribution in [0.2, 0.25) is 0 Å². The highest BCUT2D eigenvalue weighted by atomic mass is 16.6. The Labute approximate surface area is 191 Å². The van der Waals surface area contributed by atoms with Gasteiger partial charge in [0.05, 0.1) is 18.8 Å². The average molecular weight is 437 g/mol. The number of carbonyl (C=O) groups excluding carboxylic acids is 1. The zero-order chi connectivity index (χ0) is 23.5. The van der Waals surface area contributed by atoms with E-state index in [9.17, 15) is 4.79 Å². The molecule has 0 spiro atoms. The highest BCUT2D eigenvalue weighted by Gasteiger charge is 2.16. The van der Waals surface area contributed by atoms with E-state index in [2.05, 4.69) is 0 Å². The van der Waals surface area contributed by atoms with Crippen LogP contribution in [0.5, 0.6) is 11.5 Å². The molecule has 32 heavy (non-hydrogen) atoms. The van der Waals surface area contributed by atoms with E-state index in [1.54, 1.807) is 30.9 Å². The molecule has 2 aromatic carbocycles. The summed E-state index contributed by atoms with van der Waals surface area (Å²) >= 11 is 0. The second-order valence-corrected chi connectivity index (χ2v) is 8.06. The van der Waals surface area contributed by atoms with Crippen LogP contribution in [0, 0.1) is 0 Å². The van der Waals surface area contributed by atoms with E-state index in [-0.39, 0.29) is 13.2 Å². The van der Waals surface area contributed by atoms with Crippen molar-refractivity contribution in [3.8, 4) is 22.6 Å². The zero-order valence-corrected chi connectivity index (χ0v) is 19.7. The molecule has 0 saturated heterocycles. The van der Waals surface area contributed by atoms with Crippen LogP contribution in [0.25, 0.3) is 11.1 Å². The van der Waals surface area contributed by atoms with Crippen molar-refractivity contribution in [1.29, 1.82) is 0 Å². The molecule has 0 aliphatic carbocycles. The normalized spacial score (nSPS) is 9.94. The molecule has 0 aliphatic rings. The Kier molecular flexibility index (Phi) is 9.61. The van der Waals surface area contributed by atoms with E-state index in [4.69, 9.17) is 18.9 Å². The fourth-order valence-corrected chi connectivity index (χ4v) is 2.55. The van der Waals surface area contributed by atoms with Crippen molar-refractivity contribution >= 4 is 5.97 Å². The largest absolute Gasteiger partial charge is 0.498 e. The van der Waals surface area contributed by atoms with Crippen LogP contribution < -0.4 is 9.47 Å². The third-order valence-corrected chi connectivity index (χ3v) is 3.99. The summed E-state index contributed by atoms with van der Waals surface area (Å²) in [7, 11) is 0. The highest BCUT2D eigenvalue weighted by molar-refractivity contribution is 5.94. The molecular formula is C27H32O5. The molecule has 0 aromatic heterocycles. The van der Waals surface area contributed by atoms with Gasteiger partial charge in [0.15, 0.2) is 0 Å². The zero-order valence-electron chi connectivity index (χ0n) is 19.7. The van der Waals surface area contributed by atoms with Crippen LogP contribution in [-0.4, -0.2) is 19.2 Å². The molecule has 170 valence electrons. The molecule has 0 atom stereocenters. The molecule has 5 heteroatoms. The lowest BCUT2D eigenvalue weighted by atomic mass is 10.0. The summed E-state index contributed by atoms with van der Waals surface area (Å²) in [5, 5.41) is 0. The minimum Gasteiger partial charge on any atom is -0.498 e. The summed E-state index contributed by atoms with van der Waals surface area (Å²) in [6, 6.07) is 13.1. The van der Waals surface area contributed by atoms with Crippen LogP contribution in [0.3, 0.4) is 0 Å². The molecular weight excluding hydrogens is 404 g/mol. The van der Waals surface area contributed by atoms with Crippen molar-refractivity contribution in [3.05, 3.63) is 83.5 Å². The summed E-state index contributed by atoms with van der Waals surface area (Å²) in [5.74, 6) is 0.719.